The van der Waals surface area contributed by atoms with Gasteiger partial charge in [0, 0.05) is 31.7 Å². The highest BCUT2D eigenvalue weighted by Gasteiger charge is 2.26. The molecule has 1 aromatic heterocycles. The fourth-order valence-corrected chi connectivity index (χ4v) is 5.70. The Morgan fingerprint density at radius 2 is 1.71 bits per heavy atom. The molecule has 164 valence electrons. The van der Waals surface area contributed by atoms with Crippen LogP contribution < -0.4 is 10.5 Å². The van der Waals surface area contributed by atoms with Crippen molar-refractivity contribution in [3.8, 4) is 17.3 Å². The first-order chi connectivity index (χ1) is 14.9. The molecule has 2 aliphatic rings. The molecule has 2 saturated heterocycles. The molecule has 0 aliphatic carbocycles. The molecule has 31 heavy (non-hydrogen) atoms. The maximum Gasteiger partial charge on any atom is 0.270 e. The van der Waals surface area contributed by atoms with Gasteiger partial charge in [0.25, 0.3) is 5.56 Å². The van der Waals surface area contributed by atoms with Crippen LogP contribution in [0.3, 0.4) is 0 Å². The number of rotatable bonds is 4. The van der Waals surface area contributed by atoms with Crippen LogP contribution in [-0.4, -0.2) is 48.9 Å². The lowest BCUT2D eigenvalue weighted by Crippen LogP contribution is -2.35. The SMILES string of the molecule is CC1CCN(c2nc(-c3ccc(S(=O)(=O)N4CCCCC4)cc3)c(C#N)c(=O)[nH]2)CC1. The van der Waals surface area contributed by atoms with E-state index in [1.165, 1.54) is 16.4 Å². The molecule has 2 aliphatic heterocycles. The monoisotopic (exact) mass is 441 g/mol. The number of benzene rings is 1. The summed E-state index contributed by atoms with van der Waals surface area (Å²) in [5.41, 5.74) is 0.278. The molecule has 8 nitrogen and oxygen atoms in total. The molecule has 3 heterocycles. The first-order valence-corrected chi connectivity index (χ1v) is 12.2. The van der Waals surface area contributed by atoms with Crippen molar-refractivity contribution in [2.45, 2.75) is 43.9 Å². The van der Waals surface area contributed by atoms with Crippen LogP contribution in [0.5, 0.6) is 0 Å². The van der Waals surface area contributed by atoms with Crippen LogP contribution in [-0.2, 0) is 10.0 Å². The lowest BCUT2D eigenvalue weighted by Gasteiger charge is -2.30. The van der Waals surface area contributed by atoms with Crippen molar-refractivity contribution in [3.05, 3.63) is 40.2 Å². The van der Waals surface area contributed by atoms with Gasteiger partial charge in [-0.2, -0.15) is 9.57 Å². The zero-order valence-corrected chi connectivity index (χ0v) is 18.5. The number of anilines is 1. The number of aromatic nitrogens is 2. The van der Waals surface area contributed by atoms with E-state index < -0.39 is 15.6 Å². The molecule has 2 fully saturated rings. The zero-order valence-electron chi connectivity index (χ0n) is 17.7. The van der Waals surface area contributed by atoms with Crippen molar-refractivity contribution in [2.75, 3.05) is 31.1 Å². The first-order valence-electron chi connectivity index (χ1n) is 10.8. The topological polar surface area (TPSA) is 110 Å². The molecule has 9 heteroatoms. The van der Waals surface area contributed by atoms with Crippen molar-refractivity contribution in [2.24, 2.45) is 5.92 Å². The minimum Gasteiger partial charge on any atom is -0.342 e. The summed E-state index contributed by atoms with van der Waals surface area (Å²) in [6.45, 7) is 4.87. The molecule has 1 N–H and O–H groups in total. The van der Waals surface area contributed by atoms with Crippen molar-refractivity contribution in [1.82, 2.24) is 14.3 Å². The van der Waals surface area contributed by atoms with E-state index in [9.17, 15) is 18.5 Å². The van der Waals surface area contributed by atoms with E-state index in [1.54, 1.807) is 12.1 Å². The second-order valence-corrected chi connectivity index (χ2v) is 10.3. The summed E-state index contributed by atoms with van der Waals surface area (Å²) in [4.78, 5) is 22.1. The minimum atomic E-state index is -3.54. The Balaban J connectivity index is 1.67. The lowest BCUT2D eigenvalue weighted by atomic mass is 9.99. The van der Waals surface area contributed by atoms with Gasteiger partial charge in [0.15, 0.2) is 0 Å². The fourth-order valence-electron chi connectivity index (χ4n) is 4.18. The quantitative estimate of drug-likeness (QED) is 0.781. The predicted octanol–water partition coefficient (Wildman–Crippen LogP) is 2.72. The summed E-state index contributed by atoms with van der Waals surface area (Å²) in [5.74, 6) is 1.09. The van der Waals surface area contributed by atoms with Crippen LogP contribution in [0.4, 0.5) is 5.95 Å². The molecule has 0 bridgehead atoms. The maximum atomic E-state index is 12.9. The third-order valence-corrected chi connectivity index (χ3v) is 8.10. The van der Waals surface area contributed by atoms with Gasteiger partial charge < -0.3 is 4.90 Å². The molecule has 2 aromatic rings. The van der Waals surface area contributed by atoms with Gasteiger partial charge >= 0.3 is 0 Å². The summed E-state index contributed by atoms with van der Waals surface area (Å²) in [5, 5.41) is 9.52. The number of nitrogens with zero attached hydrogens (tertiary/aromatic N) is 4. The second kappa shape index (κ2) is 8.81. The van der Waals surface area contributed by atoms with Gasteiger partial charge in [0.05, 0.1) is 10.6 Å². The number of nitriles is 1. The Labute approximate surface area is 182 Å². The maximum absolute atomic E-state index is 12.9. The Kier molecular flexibility index (Phi) is 6.12. The van der Waals surface area contributed by atoms with Crippen LogP contribution in [0, 0.1) is 17.2 Å². The Bertz CT molecular complexity index is 1140. The standard InChI is InChI=1S/C22H27N5O3S/c1-16-9-13-26(14-10-16)22-24-20(19(15-23)21(28)25-22)17-5-7-18(8-6-17)31(29,30)27-11-3-2-4-12-27/h5-8,16H,2-4,9-14H2,1H3,(H,24,25,28). The molecule has 4 rings (SSSR count). The molecular weight excluding hydrogens is 414 g/mol. The summed E-state index contributed by atoms with van der Waals surface area (Å²) in [6, 6.07) is 8.26. The van der Waals surface area contributed by atoms with E-state index in [0.29, 0.717) is 30.5 Å². The third kappa shape index (κ3) is 4.36. The van der Waals surface area contributed by atoms with Gasteiger partial charge in [-0.1, -0.05) is 25.5 Å². The van der Waals surface area contributed by atoms with Gasteiger partial charge in [-0.3, -0.25) is 9.78 Å². The van der Waals surface area contributed by atoms with E-state index in [-0.39, 0.29) is 16.2 Å². The molecular formula is C22H27N5O3S. The van der Waals surface area contributed by atoms with E-state index in [2.05, 4.69) is 16.9 Å². The summed E-state index contributed by atoms with van der Waals surface area (Å²) >= 11 is 0. The van der Waals surface area contributed by atoms with Crippen molar-refractivity contribution >= 4 is 16.0 Å². The van der Waals surface area contributed by atoms with Gasteiger partial charge in [-0.25, -0.2) is 13.4 Å². The van der Waals surface area contributed by atoms with E-state index in [0.717, 1.165) is 45.2 Å². The summed E-state index contributed by atoms with van der Waals surface area (Å²) < 4.78 is 27.3. The van der Waals surface area contributed by atoms with E-state index in [4.69, 9.17) is 0 Å². The van der Waals surface area contributed by atoms with Crippen molar-refractivity contribution in [3.63, 3.8) is 0 Å². The Morgan fingerprint density at radius 1 is 1.06 bits per heavy atom. The largest absolute Gasteiger partial charge is 0.342 e. The number of piperidine rings is 2. The van der Waals surface area contributed by atoms with Crippen LogP contribution >= 0.6 is 0 Å². The first kappa shape index (κ1) is 21.5. The molecule has 0 saturated carbocycles. The number of H-pyrrole nitrogens is 1. The fraction of sp³-hybridized carbons (Fsp3) is 0.500. The highest BCUT2D eigenvalue weighted by atomic mass is 32.2. The second-order valence-electron chi connectivity index (χ2n) is 8.38. The van der Waals surface area contributed by atoms with Gasteiger partial charge in [0.1, 0.15) is 11.6 Å². The Morgan fingerprint density at radius 3 is 2.32 bits per heavy atom. The lowest BCUT2D eigenvalue weighted by molar-refractivity contribution is 0.346. The number of aromatic amines is 1. The van der Waals surface area contributed by atoms with Gasteiger partial charge in [-0.15, -0.1) is 0 Å². The zero-order chi connectivity index (χ0) is 22.0. The van der Waals surface area contributed by atoms with Gasteiger partial charge in [0.2, 0.25) is 16.0 Å². The number of hydrogen-bond donors (Lipinski definition) is 1. The summed E-state index contributed by atoms with van der Waals surface area (Å²) in [6.07, 6.45) is 4.83. The van der Waals surface area contributed by atoms with Crippen molar-refractivity contribution in [1.29, 1.82) is 5.26 Å². The molecule has 1 aromatic carbocycles. The van der Waals surface area contributed by atoms with Crippen molar-refractivity contribution < 1.29 is 8.42 Å². The average molecular weight is 442 g/mol. The smallest absolute Gasteiger partial charge is 0.270 e. The molecule has 0 spiro atoms. The van der Waals surface area contributed by atoms with Crippen LogP contribution in [0.15, 0.2) is 34.0 Å². The van der Waals surface area contributed by atoms with E-state index in [1.807, 2.05) is 11.0 Å². The van der Waals surface area contributed by atoms with Crippen LogP contribution in [0.2, 0.25) is 0 Å². The van der Waals surface area contributed by atoms with Gasteiger partial charge in [-0.05, 0) is 43.7 Å². The predicted molar refractivity (Wildman–Crippen MR) is 118 cm³/mol. The third-order valence-electron chi connectivity index (χ3n) is 6.18. The minimum absolute atomic E-state index is 0.0687. The van der Waals surface area contributed by atoms with E-state index >= 15 is 0 Å². The average Bonchev–Trinajstić information content (AvgIpc) is 2.79. The highest BCUT2D eigenvalue weighted by molar-refractivity contribution is 7.89. The summed E-state index contributed by atoms with van der Waals surface area (Å²) in [7, 11) is -3.54. The molecule has 0 atom stereocenters. The molecule has 0 radical (unpaired) electrons. The molecule has 0 unspecified atom stereocenters. The number of nitrogens with one attached hydrogen (secondary N) is 1. The van der Waals surface area contributed by atoms with Crippen LogP contribution in [0.1, 0.15) is 44.6 Å². The number of hydrogen-bond acceptors (Lipinski definition) is 6. The Hall–Kier alpha value is -2.70. The highest BCUT2D eigenvalue weighted by Crippen LogP contribution is 2.27. The molecule has 0 amide bonds. The number of sulfonamides is 1. The van der Waals surface area contributed by atoms with Crippen LogP contribution in [0.25, 0.3) is 11.3 Å². The normalized spacial score (nSPS) is 18.6.